The maximum Gasteiger partial charge on any atom is 0.123 e. The van der Waals surface area contributed by atoms with Gasteiger partial charge in [0, 0.05) is 17.5 Å². The number of hydrogen-bond donors (Lipinski definition) is 1. The van der Waals surface area contributed by atoms with E-state index in [9.17, 15) is 9.50 Å². The molecule has 1 aliphatic rings. The fourth-order valence-electron chi connectivity index (χ4n) is 2.51. The second-order valence-corrected chi connectivity index (χ2v) is 4.82. The van der Waals surface area contributed by atoms with Crippen LogP contribution >= 0.6 is 0 Å². The van der Waals surface area contributed by atoms with E-state index in [1.165, 1.54) is 19.2 Å². The van der Waals surface area contributed by atoms with Crippen LogP contribution < -0.4 is 0 Å². The van der Waals surface area contributed by atoms with Crippen LogP contribution in [0, 0.1) is 5.82 Å². The van der Waals surface area contributed by atoms with Gasteiger partial charge in [-0.3, -0.25) is 0 Å². The van der Waals surface area contributed by atoms with Gasteiger partial charge >= 0.3 is 0 Å². The molecule has 0 amide bonds. The average molecular weight is 283 g/mol. The minimum atomic E-state index is -0.268. The summed E-state index contributed by atoms with van der Waals surface area (Å²) in [5.41, 5.74) is 4.21. The molecule has 0 unspecified atom stereocenters. The largest absolute Gasteiger partial charge is 0.508 e. The first kappa shape index (κ1) is 13.4. The molecule has 0 spiro atoms. The summed E-state index contributed by atoms with van der Waals surface area (Å²) in [5.74, 6) is -0.0194. The zero-order valence-electron chi connectivity index (χ0n) is 11.5. The Kier molecular flexibility index (Phi) is 3.44. The summed E-state index contributed by atoms with van der Waals surface area (Å²) in [6.45, 7) is 0. The topological polar surface area (TPSA) is 41.8 Å². The fraction of sp³-hybridized carbons (Fsp3) is 0.118. The van der Waals surface area contributed by atoms with Crippen molar-refractivity contribution >= 4 is 11.8 Å². The number of phenolic OH excluding ortho intramolecular Hbond substituents is 1. The molecule has 0 atom stereocenters. The van der Waals surface area contributed by atoms with E-state index in [-0.39, 0.29) is 11.6 Å². The number of phenols is 1. The van der Waals surface area contributed by atoms with Crippen LogP contribution in [0.15, 0.2) is 53.2 Å². The Morgan fingerprint density at radius 1 is 1.19 bits per heavy atom. The first-order valence-corrected chi connectivity index (χ1v) is 6.58. The SMILES string of the molecule is CO/N=C1/C(=C/c2ccc(F)cc2)Cc2c(O)cccc21. The van der Waals surface area contributed by atoms with Gasteiger partial charge < -0.3 is 9.94 Å². The van der Waals surface area contributed by atoms with E-state index in [1.807, 2.05) is 12.1 Å². The molecule has 0 saturated carbocycles. The molecule has 0 radical (unpaired) electrons. The summed E-state index contributed by atoms with van der Waals surface area (Å²) in [5, 5.41) is 14.0. The third kappa shape index (κ3) is 2.52. The minimum absolute atomic E-state index is 0.249. The van der Waals surface area contributed by atoms with Crippen LogP contribution in [0.5, 0.6) is 5.75 Å². The molecule has 3 nitrogen and oxygen atoms in total. The van der Waals surface area contributed by atoms with Gasteiger partial charge in [0.05, 0.1) is 0 Å². The summed E-state index contributed by atoms with van der Waals surface area (Å²) in [7, 11) is 1.49. The molecule has 21 heavy (non-hydrogen) atoms. The van der Waals surface area contributed by atoms with Gasteiger partial charge in [0.1, 0.15) is 24.4 Å². The maximum atomic E-state index is 13.0. The van der Waals surface area contributed by atoms with Crippen molar-refractivity contribution in [3.63, 3.8) is 0 Å². The normalized spacial score (nSPS) is 17.2. The van der Waals surface area contributed by atoms with E-state index in [4.69, 9.17) is 4.84 Å². The van der Waals surface area contributed by atoms with Gasteiger partial charge in [0.25, 0.3) is 0 Å². The Morgan fingerprint density at radius 2 is 1.95 bits per heavy atom. The van der Waals surface area contributed by atoms with Crippen LogP contribution in [0.3, 0.4) is 0 Å². The Bertz CT molecular complexity index is 733. The van der Waals surface area contributed by atoms with Crippen molar-refractivity contribution in [2.24, 2.45) is 5.16 Å². The molecule has 106 valence electrons. The minimum Gasteiger partial charge on any atom is -0.508 e. The van der Waals surface area contributed by atoms with E-state index in [0.717, 1.165) is 22.3 Å². The predicted octanol–water partition coefficient (Wildman–Crippen LogP) is 3.52. The smallest absolute Gasteiger partial charge is 0.123 e. The van der Waals surface area contributed by atoms with Gasteiger partial charge in [0.15, 0.2) is 0 Å². The molecule has 2 aromatic carbocycles. The number of hydrogen-bond acceptors (Lipinski definition) is 3. The summed E-state index contributed by atoms with van der Waals surface area (Å²) in [6, 6.07) is 11.6. The Labute approximate surface area is 122 Å². The summed E-state index contributed by atoms with van der Waals surface area (Å²) in [4.78, 5) is 4.92. The lowest BCUT2D eigenvalue weighted by atomic mass is 10.1. The Balaban J connectivity index is 2.06. The molecule has 1 N–H and O–H groups in total. The Morgan fingerprint density at radius 3 is 2.67 bits per heavy atom. The molecule has 3 rings (SSSR count). The van der Waals surface area contributed by atoms with Gasteiger partial charge in [0.2, 0.25) is 0 Å². The van der Waals surface area contributed by atoms with Crippen LogP contribution in [0.2, 0.25) is 0 Å². The molecule has 1 aliphatic carbocycles. The molecule has 0 aliphatic heterocycles. The standard InChI is InChI=1S/C17H14FNO2/c1-21-19-17-12(9-11-5-7-13(18)8-6-11)10-15-14(17)3-2-4-16(15)20/h2-9,20H,10H2,1H3/b12-9+,19-17-. The van der Waals surface area contributed by atoms with Crippen molar-refractivity contribution in [1.29, 1.82) is 0 Å². The molecular weight excluding hydrogens is 269 g/mol. The summed E-state index contributed by atoms with van der Waals surface area (Å²) in [6.07, 6.45) is 2.50. The van der Waals surface area contributed by atoms with E-state index >= 15 is 0 Å². The molecule has 0 bridgehead atoms. The summed E-state index contributed by atoms with van der Waals surface area (Å²) >= 11 is 0. The van der Waals surface area contributed by atoms with E-state index < -0.39 is 0 Å². The van der Waals surface area contributed by atoms with Crippen molar-refractivity contribution in [2.75, 3.05) is 7.11 Å². The highest BCUT2D eigenvalue weighted by Gasteiger charge is 2.25. The number of fused-ring (bicyclic) bond motifs is 1. The lowest BCUT2D eigenvalue weighted by molar-refractivity contribution is 0.214. The first-order valence-electron chi connectivity index (χ1n) is 6.58. The zero-order valence-corrected chi connectivity index (χ0v) is 11.5. The maximum absolute atomic E-state index is 13.0. The van der Waals surface area contributed by atoms with Gasteiger partial charge in [-0.25, -0.2) is 4.39 Å². The Hall–Kier alpha value is -2.62. The monoisotopic (exact) mass is 283 g/mol. The highest BCUT2D eigenvalue weighted by Crippen LogP contribution is 2.34. The highest BCUT2D eigenvalue weighted by molar-refractivity contribution is 6.19. The number of aromatic hydroxyl groups is 1. The predicted molar refractivity (Wildman–Crippen MR) is 79.7 cm³/mol. The van der Waals surface area contributed by atoms with Crippen LogP contribution in [0.25, 0.3) is 6.08 Å². The van der Waals surface area contributed by atoms with Gasteiger partial charge in [-0.2, -0.15) is 0 Å². The fourth-order valence-corrected chi connectivity index (χ4v) is 2.51. The van der Waals surface area contributed by atoms with Crippen molar-refractivity contribution in [3.8, 4) is 5.75 Å². The number of nitrogens with zero attached hydrogens (tertiary/aromatic N) is 1. The molecule has 0 heterocycles. The molecular formula is C17H14FNO2. The van der Waals surface area contributed by atoms with Crippen molar-refractivity contribution in [3.05, 3.63) is 70.5 Å². The number of oxime groups is 1. The quantitative estimate of drug-likeness (QED) is 0.857. The van der Waals surface area contributed by atoms with Crippen LogP contribution in [0.4, 0.5) is 4.39 Å². The van der Waals surface area contributed by atoms with Gasteiger partial charge in [-0.15, -0.1) is 0 Å². The third-order valence-electron chi connectivity index (χ3n) is 3.47. The third-order valence-corrected chi connectivity index (χ3v) is 3.47. The van der Waals surface area contributed by atoms with Gasteiger partial charge in [-0.1, -0.05) is 29.4 Å². The van der Waals surface area contributed by atoms with E-state index in [0.29, 0.717) is 12.1 Å². The van der Waals surface area contributed by atoms with Crippen molar-refractivity contribution in [1.82, 2.24) is 0 Å². The first-order chi connectivity index (χ1) is 10.2. The second kappa shape index (κ2) is 5.40. The zero-order chi connectivity index (χ0) is 14.8. The van der Waals surface area contributed by atoms with Crippen molar-refractivity contribution in [2.45, 2.75) is 6.42 Å². The number of allylic oxidation sites excluding steroid dienone is 1. The lowest BCUT2D eigenvalue weighted by Crippen LogP contribution is -1.99. The van der Waals surface area contributed by atoms with E-state index in [1.54, 1.807) is 24.3 Å². The number of benzene rings is 2. The molecule has 2 aromatic rings. The highest BCUT2D eigenvalue weighted by atomic mass is 19.1. The van der Waals surface area contributed by atoms with Crippen LogP contribution in [-0.4, -0.2) is 17.9 Å². The van der Waals surface area contributed by atoms with E-state index in [2.05, 4.69) is 5.16 Å². The second-order valence-electron chi connectivity index (χ2n) is 4.82. The molecule has 4 heteroatoms. The van der Waals surface area contributed by atoms with Crippen LogP contribution in [0.1, 0.15) is 16.7 Å². The molecule has 0 fully saturated rings. The lowest BCUT2D eigenvalue weighted by Gasteiger charge is -2.01. The number of rotatable bonds is 2. The van der Waals surface area contributed by atoms with Gasteiger partial charge in [-0.05, 0) is 35.4 Å². The number of halogens is 1. The summed E-state index contributed by atoms with van der Waals surface area (Å²) < 4.78 is 13.0. The van der Waals surface area contributed by atoms with Crippen molar-refractivity contribution < 1.29 is 14.3 Å². The molecule has 0 aromatic heterocycles. The van der Waals surface area contributed by atoms with Crippen LogP contribution in [-0.2, 0) is 11.3 Å². The molecule has 0 saturated heterocycles. The average Bonchev–Trinajstić information content (AvgIpc) is 2.82.